The quantitative estimate of drug-likeness (QED) is 0.624. The first kappa shape index (κ1) is 21.1. The molecule has 2 aliphatic rings. The Labute approximate surface area is 183 Å². The van der Waals surface area contributed by atoms with E-state index in [0.29, 0.717) is 23.5 Å². The van der Waals surface area contributed by atoms with E-state index in [1.807, 2.05) is 26.0 Å². The number of carbonyl (C=O) groups is 2. The van der Waals surface area contributed by atoms with Crippen molar-refractivity contribution in [3.63, 3.8) is 0 Å². The number of benzene rings is 2. The van der Waals surface area contributed by atoms with Gasteiger partial charge in [0.25, 0.3) is 11.6 Å². The first-order valence-electron chi connectivity index (χ1n) is 10.9. The number of para-hydroxylation sites is 1. The third kappa shape index (κ3) is 3.95. The molecule has 6 heteroatoms. The number of aryl methyl sites for hydroxylation is 2. The average Bonchev–Trinajstić information content (AvgIpc) is 2.77. The molecule has 0 spiro atoms. The predicted molar refractivity (Wildman–Crippen MR) is 122 cm³/mol. The molecule has 1 atom stereocenters. The lowest BCUT2D eigenvalue weighted by molar-refractivity contribution is -0.140. The molecule has 0 aromatic heterocycles. The van der Waals surface area contributed by atoms with E-state index in [2.05, 4.69) is 16.7 Å². The molecule has 0 radical (unpaired) electrons. The Morgan fingerprint density at radius 1 is 1.16 bits per heavy atom. The van der Waals surface area contributed by atoms with Crippen LogP contribution in [0.2, 0.25) is 0 Å². The Balaban J connectivity index is 1.68. The van der Waals surface area contributed by atoms with Crippen molar-refractivity contribution in [2.75, 3.05) is 16.8 Å². The number of hydrogen-bond acceptors (Lipinski definition) is 3. The molecular formula is C25H29N3O3. The number of anilines is 2. The molecule has 0 bridgehead atoms. The maximum absolute atomic E-state index is 13.4. The predicted octanol–water partition coefficient (Wildman–Crippen LogP) is 4.51. The van der Waals surface area contributed by atoms with Gasteiger partial charge in [-0.2, -0.15) is 0 Å². The smallest absolute Gasteiger partial charge is 0.329 e. The minimum absolute atomic E-state index is 0.349. The van der Waals surface area contributed by atoms with Gasteiger partial charge in [0.2, 0.25) is 0 Å². The molecule has 0 fully saturated rings. The Morgan fingerprint density at radius 3 is 2.71 bits per heavy atom. The topological polar surface area (TPSA) is 81.7 Å². The second-order valence-electron chi connectivity index (χ2n) is 8.37. The molecule has 2 aromatic carbocycles. The molecule has 4 rings (SSSR count). The number of rotatable bonds is 5. The minimum Gasteiger partial charge on any atom is -0.359 e. The maximum Gasteiger partial charge on any atom is 0.329 e. The summed E-state index contributed by atoms with van der Waals surface area (Å²) in [6.07, 6.45) is 7.53. The van der Waals surface area contributed by atoms with E-state index in [-0.39, 0.29) is 0 Å². The van der Waals surface area contributed by atoms with Gasteiger partial charge >= 0.3 is 6.03 Å². The van der Waals surface area contributed by atoms with Crippen LogP contribution in [-0.2, 0) is 10.5 Å². The fraction of sp³-hybridized carbons (Fsp3) is 0.360. The number of amides is 3. The number of fused-ring (bicyclic) bond motifs is 1. The van der Waals surface area contributed by atoms with Gasteiger partial charge in [0.15, 0.2) is 0 Å². The zero-order valence-corrected chi connectivity index (χ0v) is 18.1. The van der Waals surface area contributed by atoms with Crippen molar-refractivity contribution in [1.82, 2.24) is 5.32 Å². The molecule has 1 heterocycles. The molecule has 1 aliphatic carbocycles. The summed E-state index contributed by atoms with van der Waals surface area (Å²) in [6.45, 7) is 4.33. The van der Waals surface area contributed by atoms with Crippen LogP contribution < -0.4 is 15.5 Å². The minimum atomic E-state index is -2.15. The highest BCUT2D eigenvalue weighted by atomic mass is 16.3. The molecule has 162 valence electrons. The van der Waals surface area contributed by atoms with Gasteiger partial charge in [-0.25, -0.2) is 4.79 Å². The van der Waals surface area contributed by atoms with E-state index in [4.69, 9.17) is 0 Å². The molecule has 1 aliphatic heterocycles. The van der Waals surface area contributed by atoms with Gasteiger partial charge in [0.1, 0.15) is 0 Å². The summed E-state index contributed by atoms with van der Waals surface area (Å²) in [6, 6.07) is 11.8. The van der Waals surface area contributed by atoms with Gasteiger partial charge in [0, 0.05) is 17.8 Å². The van der Waals surface area contributed by atoms with Crippen LogP contribution in [0.15, 0.2) is 54.1 Å². The molecule has 0 unspecified atom stereocenters. The third-order valence-electron chi connectivity index (χ3n) is 6.25. The lowest BCUT2D eigenvalue weighted by Crippen LogP contribution is -2.62. The van der Waals surface area contributed by atoms with Gasteiger partial charge in [-0.3, -0.25) is 9.69 Å². The lowest BCUT2D eigenvalue weighted by atomic mass is 9.94. The number of hydrogen-bond donors (Lipinski definition) is 3. The fourth-order valence-electron chi connectivity index (χ4n) is 4.32. The van der Waals surface area contributed by atoms with Crippen molar-refractivity contribution in [3.8, 4) is 0 Å². The first-order valence-corrected chi connectivity index (χ1v) is 10.9. The van der Waals surface area contributed by atoms with Crippen LogP contribution in [0.25, 0.3) is 0 Å². The van der Waals surface area contributed by atoms with Crippen LogP contribution in [0.1, 0.15) is 48.8 Å². The number of aliphatic hydroxyl groups is 1. The van der Waals surface area contributed by atoms with Crippen LogP contribution in [0.3, 0.4) is 0 Å². The summed E-state index contributed by atoms with van der Waals surface area (Å²) >= 11 is 0. The van der Waals surface area contributed by atoms with Crippen LogP contribution in [-0.4, -0.2) is 23.6 Å². The summed E-state index contributed by atoms with van der Waals surface area (Å²) < 4.78 is 0. The average molecular weight is 420 g/mol. The fourth-order valence-corrected chi connectivity index (χ4v) is 4.32. The SMILES string of the molecule is Cc1ccc(N2C(=O)Nc3ccccc3[C@]2(O)C(=O)NCCC2=CCCCC2)cc1C. The Bertz CT molecular complexity index is 1050. The number of nitrogens with one attached hydrogen (secondary N) is 2. The van der Waals surface area contributed by atoms with Gasteiger partial charge < -0.3 is 15.7 Å². The Kier molecular flexibility index (Phi) is 5.83. The van der Waals surface area contributed by atoms with Crippen molar-refractivity contribution in [1.29, 1.82) is 0 Å². The van der Waals surface area contributed by atoms with E-state index >= 15 is 0 Å². The summed E-state index contributed by atoms with van der Waals surface area (Å²) in [5.74, 6) is -0.607. The normalized spacial score (nSPS) is 20.5. The van der Waals surface area contributed by atoms with Gasteiger partial charge in [-0.15, -0.1) is 0 Å². The molecular weight excluding hydrogens is 390 g/mol. The number of urea groups is 1. The van der Waals surface area contributed by atoms with Crippen molar-refractivity contribution in [2.24, 2.45) is 0 Å². The Hall–Kier alpha value is -3.12. The number of nitrogens with zero attached hydrogens (tertiary/aromatic N) is 1. The number of allylic oxidation sites excluding steroid dienone is 1. The summed E-state index contributed by atoms with van der Waals surface area (Å²) in [5, 5.41) is 17.5. The molecule has 31 heavy (non-hydrogen) atoms. The monoisotopic (exact) mass is 419 g/mol. The van der Waals surface area contributed by atoms with E-state index in [1.165, 1.54) is 18.4 Å². The van der Waals surface area contributed by atoms with E-state index in [9.17, 15) is 14.7 Å². The second kappa shape index (κ2) is 8.55. The zero-order chi connectivity index (χ0) is 22.0. The highest BCUT2D eigenvalue weighted by Gasteiger charge is 2.51. The molecule has 3 N–H and O–H groups in total. The zero-order valence-electron chi connectivity index (χ0n) is 18.1. The lowest BCUT2D eigenvalue weighted by Gasteiger charge is -2.42. The van der Waals surface area contributed by atoms with Crippen LogP contribution in [0, 0.1) is 13.8 Å². The van der Waals surface area contributed by atoms with Gasteiger partial charge in [-0.1, -0.05) is 35.9 Å². The number of carbonyl (C=O) groups excluding carboxylic acids is 2. The Morgan fingerprint density at radius 2 is 1.97 bits per heavy atom. The molecule has 2 aromatic rings. The third-order valence-corrected chi connectivity index (χ3v) is 6.25. The highest BCUT2D eigenvalue weighted by molar-refractivity contribution is 6.11. The molecule has 0 saturated carbocycles. The molecule has 3 amide bonds. The summed E-state index contributed by atoms with van der Waals surface area (Å²) in [5.41, 5.74) is 2.46. The second-order valence-corrected chi connectivity index (χ2v) is 8.37. The van der Waals surface area contributed by atoms with Crippen molar-refractivity contribution in [2.45, 2.75) is 51.7 Å². The van der Waals surface area contributed by atoms with Crippen LogP contribution >= 0.6 is 0 Å². The standard InChI is InChI=1S/C25H29N3O3/c1-17-12-13-20(16-18(17)2)28-24(30)27-22-11-7-6-10-21(22)25(28,31)23(29)26-15-14-19-8-4-3-5-9-19/h6-8,10-13,16,31H,3-5,9,14-15H2,1-2H3,(H,26,29)(H,27,30)/t25-/m0/s1. The van der Waals surface area contributed by atoms with Crippen molar-refractivity contribution in [3.05, 3.63) is 70.8 Å². The van der Waals surface area contributed by atoms with Crippen LogP contribution in [0.5, 0.6) is 0 Å². The van der Waals surface area contributed by atoms with Crippen LogP contribution in [0.4, 0.5) is 16.2 Å². The van der Waals surface area contributed by atoms with E-state index in [0.717, 1.165) is 35.3 Å². The summed E-state index contributed by atoms with van der Waals surface area (Å²) in [4.78, 5) is 27.6. The van der Waals surface area contributed by atoms with Gasteiger partial charge in [-0.05, 0) is 75.3 Å². The maximum atomic E-state index is 13.4. The largest absolute Gasteiger partial charge is 0.359 e. The molecule has 6 nitrogen and oxygen atoms in total. The first-order chi connectivity index (χ1) is 14.9. The van der Waals surface area contributed by atoms with Crippen molar-refractivity contribution >= 4 is 23.3 Å². The summed E-state index contributed by atoms with van der Waals surface area (Å²) in [7, 11) is 0. The van der Waals surface area contributed by atoms with Crippen molar-refractivity contribution < 1.29 is 14.7 Å². The highest BCUT2D eigenvalue weighted by Crippen LogP contribution is 2.40. The van der Waals surface area contributed by atoms with Gasteiger partial charge in [0.05, 0.1) is 5.69 Å². The van der Waals surface area contributed by atoms with E-state index < -0.39 is 17.7 Å². The van der Waals surface area contributed by atoms with E-state index in [1.54, 1.807) is 30.3 Å². The molecule has 0 saturated heterocycles.